The number of amides is 1. The minimum absolute atomic E-state index is 0.0489. The van der Waals surface area contributed by atoms with Crippen molar-refractivity contribution in [3.63, 3.8) is 0 Å². The summed E-state index contributed by atoms with van der Waals surface area (Å²) in [6.07, 6.45) is 0. The van der Waals surface area contributed by atoms with E-state index in [-0.39, 0.29) is 39.3 Å². The van der Waals surface area contributed by atoms with Crippen molar-refractivity contribution in [2.24, 2.45) is 0 Å². The number of carbonyl (C=O) groups excluding carboxylic acids is 2. The Kier molecular flexibility index (Phi) is 5.78. The summed E-state index contributed by atoms with van der Waals surface area (Å²) >= 11 is 1.03. The van der Waals surface area contributed by atoms with Crippen molar-refractivity contribution < 1.29 is 23.1 Å². The first-order valence-electron chi connectivity index (χ1n) is 9.43. The number of esters is 1. The first-order chi connectivity index (χ1) is 15.4. The number of ether oxygens (including phenoxy) is 1. The molecule has 0 unspecified atom stereocenters. The van der Waals surface area contributed by atoms with Gasteiger partial charge in [-0.2, -0.15) is 9.78 Å². The van der Waals surface area contributed by atoms with Gasteiger partial charge in [0, 0.05) is 16.3 Å². The number of carbonyl (C=O) groups is 2. The van der Waals surface area contributed by atoms with Gasteiger partial charge in [0.05, 0.1) is 17.7 Å². The van der Waals surface area contributed by atoms with Crippen LogP contribution in [0.1, 0.15) is 27.8 Å². The number of fused-ring (bicyclic) bond motifs is 1. The molecule has 4 aromatic rings. The number of nitrogens with one attached hydrogen (secondary N) is 1. The molecule has 0 atom stereocenters. The molecular weight excluding hydrogens is 440 g/mol. The molecule has 0 fully saturated rings. The lowest BCUT2D eigenvalue weighted by Gasteiger charge is -2.10. The monoisotopic (exact) mass is 455 g/mol. The van der Waals surface area contributed by atoms with Gasteiger partial charge in [-0.15, -0.1) is 11.3 Å². The Labute approximate surface area is 183 Å². The normalized spacial score (nSPS) is 10.8. The van der Waals surface area contributed by atoms with E-state index in [2.05, 4.69) is 10.4 Å². The molecule has 4 rings (SSSR count). The molecule has 1 N–H and O–H groups in total. The molecule has 0 aliphatic rings. The minimum Gasteiger partial charge on any atom is -0.461 e. The van der Waals surface area contributed by atoms with Crippen molar-refractivity contribution >= 4 is 39.0 Å². The smallest absolute Gasteiger partial charge is 0.359 e. The second-order valence-corrected chi connectivity index (χ2v) is 7.46. The summed E-state index contributed by atoms with van der Waals surface area (Å²) in [6.45, 7) is 1.73. The molecule has 162 valence electrons. The van der Waals surface area contributed by atoms with Gasteiger partial charge in [0.25, 0.3) is 11.5 Å². The Hall–Kier alpha value is -3.92. The molecule has 2 heterocycles. The lowest BCUT2D eigenvalue weighted by atomic mass is 10.2. The molecule has 10 heteroatoms. The Balaban J connectivity index is 1.87. The predicted molar refractivity (Wildman–Crippen MR) is 115 cm³/mol. The van der Waals surface area contributed by atoms with E-state index in [0.29, 0.717) is 0 Å². The van der Waals surface area contributed by atoms with Gasteiger partial charge in [-0.25, -0.2) is 13.6 Å². The average molecular weight is 455 g/mol. The second-order valence-electron chi connectivity index (χ2n) is 6.58. The fraction of sp³-hybridized carbons (Fsp3) is 0.0909. The first-order valence-corrected chi connectivity index (χ1v) is 10.3. The number of hydrogen-bond acceptors (Lipinski definition) is 6. The van der Waals surface area contributed by atoms with Crippen LogP contribution in [0.15, 0.2) is 58.7 Å². The number of rotatable bonds is 5. The number of nitrogens with zero attached hydrogens (tertiary/aromatic N) is 2. The average Bonchev–Trinajstić information content (AvgIpc) is 3.19. The molecule has 7 nitrogen and oxygen atoms in total. The summed E-state index contributed by atoms with van der Waals surface area (Å²) < 4.78 is 32.5. The van der Waals surface area contributed by atoms with Crippen molar-refractivity contribution in [3.05, 3.63) is 87.2 Å². The third-order valence-electron chi connectivity index (χ3n) is 4.53. The van der Waals surface area contributed by atoms with E-state index in [1.54, 1.807) is 6.92 Å². The number of aromatic nitrogens is 2. The summed E-state index contributed by atoms with van der Waals surface area (Å²) in [7, 11) is 0. The van der Waals surface area contributed by atoms with Crippen molar-refractivity contribution in [2.45, 2.75) is 6.92 Å². The molecule has 2 aromatic carbocycles. The number of benzene rings is 2. The van der Waals surface area contributed by atoms with Gasteiger partial charge in [-0.05, 0) is 55.5 Å². The zero-order valence-electron chi connectivity index (χ0n) is 16.6. The quantitative estimate of drug-likeness (QED) is 0.457. The molecule has 2 aromatic heterocycles. The zero-order chi connectivity index (χ0) is 22.8. The van der Waals surface area contributed by atoms with Crippen molar-refractivity contribution in [1.82, 2.24) is 9.78 Å². The highest BCUT2D eigenvalue weighted by molar-refractivity contribution is 7.16. The van der Waals surface area contributed by atoms with Gasteiger partial charge in [0.2, 0.25) is 0 Å². The maximum atomic E-state index is 13.4. The van der Waals surface area contributed by atoms with Crippen LogP contribution in [-0.2, 0) is 4.74 Å². The maximum Gasteiger partial charge on any atom is 0.359 e. The van der Waals surface area contributed by atoms with E-state index in [0.717, 1.165) is 40.3 Å². The molecule has 0 bridgehead atoms. The Morgan fingerprint density at radius 1 is 1.06 bits per heavy atom. The summed E-state index contributed by atoms with van der Waals surface area (Å²) in [5, 5.41) is 8.74. The van der Waals surface area contributed by atoms with Gasteiger partial charge < -0.3 is 10.1 Å². The molecule has 1 amide bonds. The van der Waals surface area contributed by atoms with E-state index >= 15 is 0 Å². The number of halogens is 2. The third kappa shape index (κ3) is 4.00. The van der Waals surface area contributed by atoms with Crippen LogP contribution < -0.4 is 10.9 Å². The number of hydrogen-bond donors (Lipinski definition) is 1. The molecule has 0 spiro atoms. The van der Waals surface area contributed by atoms with Gasteiger partial charge in [-0.3, -0.25) is 9.59 Å². The maximum absolute atomic E-state index is 13.4. The van der Waals surface area contributed by atoms with E-state index in [1.807, 2.05) is 0 Å². The van der Waals surface area contributed by atoms with Crippen LogP contribution in [-0.4, -0.2) is 28.3 Å². The molecule has 0 saturated carbocycles. The Morgan fingerprint density at radius 2 is 1.69 bits per heavy atom. The zero-order valence-corrected chi connectivity index (χ0v) is 17.4. The van der Waals surface area contributed by atoms with E-state index in [4.69, 9.17) is 4.74 Å². The van der Waals surface area contributed by atoms with Crippen LogP contribution >= 0.6 is 11.3 Å². The minimum atomic E-state index is -0.748. The van der Waals surface area contributed by atoms with Gasteiger partial charge in [-0.1, -0.05) is 0 Å². The van der Waals surface area contributed by atoms with Gasteiger partial charge in [0.1, 0.15) is 16.6 Å². The second kappa shape index (κ2) is 8.67. The van der Waals surface area contributed by atoms with Crippen LogP contribution in [0.4, 0.5) is 13.8 Å². The Morgan fingerprint density at radius 3 is 2.31 bits per heavy atom. The Bertz CT molecular complexity index is 1380. The van der Waals surface area contributed by atoms with Crippen LogP contribution in [0.5, 0.6) is 0 Å². The highest BCUT2D eigenvalue weighted by Gasteiger charge is 2.23. The highest BCUT2D eigenvalue weighted by Crippen LogP contribution is 2.31. The lowest BCUT2D eigenvalue weighted by Crippen LogP contribution is -2.25. The van der Waals surface area contributed by atoms with Crippen LogP contribution in [0, 0.1) is 11.6 Å². The molecule has 32 heavy (non-hydrogen) atoms. The summed E-state index contributed by atoms with van der Waals surface area (Å²) in [5.41, 5.74) is -0.322. The molecular formula is C22H15F2N3O4S. The molecule has 0 aliphatic heterocycles. The van der Waals surface area contributed by atoms with Crippen molar-refractivity contribution in [3.8, 4) is 5.69 Å². The topological polar surface area (TPSA) is 90.3 Å². The van der Waals surface area contributed by atoms with Gasteiger partial charge >= 0.3 is 5.97 Å². The first kappa shape index (κ1) is 21.3. The van der Waals surface area contributed by atoms with Gasteiger partial charge in [0.15, 0.2) is 5.69 Å². The van der Waals surface area contributed by atoms with Crippen LogP contribution in [0.3, 0.4) is 0 Å². The van der Waals surface area contributed by atoms with Crippen LogP contribution in [0.2, 0.25) is 0 Å². The molecule has 0 radical (unpaired) electrons. The molecule has 0 saturated heterocycles. The summed E-state index contributed by atoms with van der Waals surface area (Å²) in [6, 6.07) is 9.90. The standard InChI is InChI=1S/C22H15F2N3O4S/c1-2-31-22(30)18-16-11-32-20(25-19(28)12-3-5-13(23)6-4-12)17(16)21(29)27(26-18)15-9-7-14(24)8-10-15/h3-11H,2H2,1H3,(H,25,28). The van der Waals surface area contributed by atoms with E-state index < -0.39 is 29.1 Å². The summed E-state index contributed by atoms with van der Waals surface area (Å²) in [5.74, 6) is -2.30. The number of anilines is 1. The SMILES string of the molecule is CCOC(=O)c1nn(-c2ccc(F)cc2)c(=O)c2c(NC(=O)c3ccc(F)cc3)scc12. The fourth-order valence-corrected chi connectivity index (χ4v) is 3.96. The highest BCUT2D eigenvalue weighted by atomic mass is 32.1. The van der Waals surface area contributed by atoms with Crippen molar-refractivity contribution in [2.75, 3.05) is 11.9 Å². The molecule has 0 aliphatic carbocycles. The van der Waals surface area contributed by atoms with Crippen LogP contribution in [0.25, 0.3) is 16.5 Å². The van der Waals surface area contributed by atoms with E-state index in [1.165, 1.54) is 29.6 Å². The van der Waals surface area contributed by atoms with E-state index in [9.17, 15) is 23.2 Å². The lowest BCUT2D eigenvalue weighted by molar-refractivity contribution is 0.0520. The largest absolute Gasteiger partial charge is 0.461 e. The summed E-state index contributed by atoms with van der Waals surface area (Å²) in [4.78, 5) is 38.4. The van der Waals surface area contributed by atoms with Crippen molar-refractivity contribution in [1.29, 1.82) is 0 Å². The third-order valence-corrected chi connectivity index (χ3v) is 5.42. The number of thiophene rings is 1. The fourth-order valence-electron chi connectivity index (χ4n) is 3.03. The predicted octanol–water partition coefficient (Wildman–Crippen LogP) is 4.15.